The Labute approximate surface area is 171 Å². The van der Waals surface area contributed by atoms with E-state index in [0.717, 1.165) is 16.6 Å². The van der Waals surface area contributed by atoms with Crippen LogP contribution in [0.15, 0.2) is 67.1 Å². The largest absolute Gasteiger partial charge is 0.311 e. The number of pyridine rings is 2. The summed E-state index contributed by atoms with van der Waals surface area (Å²) in [5.74, 6) is -0.419. The number of rotatable bonds is 4. The summed E-state index contributed by atoms with van der Waals surface area (Å²) in [6.07, 6.45) is 5.02. The summed E-state index contributed by atoms with van der Waals surface area (Å²) >= 11 is 0. The Bertz CT molecular complexity index is 1250. The van der Waals surface area contributed by atoms with Crippen LogP contribution in [0.4, 0.5) is 15.9 Å². The molecule has 0 saturated carbocycles. The molecule has 3 aromatic heterocycles. The van der Waals surface area contributed by atoms with E-state index in [1.54, 1.807) is 60.5 Å². The molecule has 150 valence electrons. The molecule has 0 spiro atoms. The van der Waals surface area contributed by atoms with Crippen LogP contribution >= 0.6 is 0 Å². The zero-order valence-electron chi connectivity index (χ0n) is 16.3. The van der Waals surface area contributed by atoms with Crippen LogP contribution in [0.25, 0.3) is 16.6 Å². The lowest BCUT2D eigenvalue weighted by molar-refractivity contribution is -0.114. The maximum Gasteiger partial charge on any atom is 0.258 e. The van der Waals surface area contributed by atoms with Crippen LogP contribution in [0.2, 0.25) is 0 Å². The molecule has 7 nitrogen and oxygen atoms in total. The minimum Gasteiger partial charge on any atom is -0.311 e. The van der Waals surface area contributed by atoms with E-state index in [0.29, 0.717) is 17.1 Å². The van der Waals surface area contributed by atoms with Gasteiger partial charge in [-0.3, -0.25) is 9.59 Å². The molecule has 2 amide bonds. The molecule has 4 aromatic rings. The zero-order valence-corrected chi connectivity index (χ0v) is 16.3. The van der Waals surface area contributed by atoms with Gasteiger partial charge in [0.2, 0.25) is 5.91 Å². The standard InChI is InChI=1S/C22H18FN5O2/c1-14(29)26-21-7-6-16(12-24-21)19-13-25-28-9-8-15(10-20(19)28)22(30)27(2)18-5-3-4-17(23)11-18/h3-13H,1-2H3,(H,24,26,29). The summed E-state index contributed by atoms with van der Waals surface area (Å²) in [5, 5.41) is 6.95. The molecule has 0 saturated heterocycles. The molecular formula is C22H18FN5O2. The van der Waals surface area contributed by atoms with E-state index in [1.165, 1.54) is 24.0 Å². The number of amides is 2. The number of fused-ring (bicyclic) bond motifs is 1. The van der Waals surface area contributed by atoms with Gasteiger partial charge in [0.1, 0.15) is 11.6 Å². The average Bonchev–Trinajstić information content (AvgIpc) is 3.16. The number of aromatic nitrogens is 3. The smallest absolute Gasteiger partial charge is 0.258 e. The van der Waals surface area contributed by atoms with Gasteiger partial charge >= 0.3 is 0 Å². The van der Waals surface area contributed by atoms with Crippen molar-refractivity contribution in [2.45, 2.75) is 6.92 Å². The first-order valence-electron chi connectivity index (χ1n) is 9.17. The van der Waals surface area contributed by atoms with Crippen LogP contribution in [-0.2, 0) is 4.79 Å². The molecule has 0 aliphatic heterocycles. The van der Waals surface area contributed by atoms with Crippen molar-refractivity contribution in [2.24, 2.45) is 0 Å². The fraction of sp³-hybridized carbons (Fsp3) is 0.0909. The molecule has 1 aromatic carbocycles. The number of hydrogen-bond donors (Lipinski definition) is 1. The minimum absolute atomic E-state index is 0.197. The molecule has 0 fully saturated rings. The number of carbonyl (C=O) groups is 2. The van der Waals surface area contributed by atoms with Crippen LogP contribution in [0.5, 0.6) is 0 Å². The van der Waals surface area contributed by atoms with Gasteiger partial charge in [-0.15, -0.1) is 0 Å². The van der Waals surface area contributed by atoms with E-state index in [1.807, 2.05) is 6.07 Å². The maximum atomic E-state index is 13.5. The molecule has 0 bridgehead atoms. The number of anilines is 2. The van der Waals surface area contributed by atoms with Crippen molar-refractivity contribution in [2.75, 3.05) is 17.3 Å². The van der Waals surface area contributed by atoms with Gasteiger partial charge in [-0.2, -0.15) is 5.10 Å². The van der Waals surface area contributed by atoms with Crippen molar-refractivity contribution in [3.05, 3.63) is 78.5 Å². The van der Waals surface area contributed by atoms with Crippen molar-refractivity contribution in [1.82, 2.24) is 14.6 Å². The number of hydrogen-bond acceptors (Lipinski definition) is 4. The van der Waals surface area contributed by atoms with E-state index in [2.05, 4.69) is 15.4 Å². The second-order valence-electron chi connectivity index (χ2n) is 6.76. The van der Waals surface area contributed by atoms with Gasteiger partial charge in [0.15, 0.2) is 0 Å². The van der Waals surface area contributed by atoms with Gasteiger partial charge in [0.25, 0.3) is 5.91 Å². The summed E-state index contributed by atoms with van der Waals surface area (Å²) < 4.78 is 15.2. The second-order valence-corrected chi connectivity index (χ2v) is 6.76. The van der Waals surface area contributed by atoms with Gasteiger partial charge in [-0.05, 0) is 42.5 Å². The first-order valence-corrected chi connectivity index (χ1v) is 9.17. The van der Waals surface area contributed by atoms with Crippen LogP contribution < -0.4 is 10.2 Å². The maximum absolute atomic E-state index is 13.5. The Morgan fingerprint density at radius 1 is 1.10 bits per heavy atom. The quantitative estimate of drug-likeness (QED) is 0.563. The van der Waals surface area contributed by atoms with Crippen molar-refractivity contribution >= 4 is 28.8 Å². The van der Waals surface area contributed by atoms with Gasteiger partial charge < -0.3 is 10.2 Å². The summed E-state index contributed by atoms with van der Waals surface area (Å²) in [7, 11) is 1.60. The highest BCUT2D eigenvalue weighted by Gasteiger charge is 2.16. The predicted molar refractivity (Wildman–Crippen MR) is 112 cm³/mol. The lowest BCUT2D eigenvalue weighted by Crippen LogP contribution is -2.26. The summed E-state index contributed by atoms with van der Waals surface area (Å²) in [5.41, 5.74) is 3.22. The van der Waals surface area contributed by atoms with Crippen LogP contribution in [0, 0.1) is 5.82 Å². The third-order valence-electron chi connectivity index (χ3n) is 4.65. The van der Waals surface area contributed by atoms with Crippen molar-refractivity contribution in [3.8, 4) is 11.1 Å². The molecule has 0 radical (unpaired) electrons. The Balaban J connectivity index is 1.67. The van der Waals surface area contributed by atoms with Crippen molar-refractivity contribution < 1.29 is 14.0 Å². The number of halogens is 1. The molecule has 30 heavy (non-hydrogen) atoms. The summed E-state index contributed by atoms with van der Waals surface area (Å²) in [6, 6.07) is 12.8. The molecule has 0 unspecified atom stereocenters. The molecular weight excluding hydrogens is 385 g/mol. The highest BCUT2D eigenvalue weighted by atomic mass is 19.1. The Hall–Kier alpha value is -4.07. The topological polar surface area (TPSA) is 79.6 Å². The molecule has 3 heterocycles. The van der Waals surface area contributed by atoms with E-state index < -0.39 is 5.82 Å². The first kappa shape index (κ1) is 19.3. The molecule has 0 aliphatic carbocycles. The molecule has 8 heteroatoms. The first-order chi connectivity index (χ1) is 14.4. The highest BCUT2D eigenvalue weighted by Crippen LogP contribution is 2.26. The van der Waals surface area contributed by atoms with E-state index in [-0.39, 0.29) is 11.8 Å². The van der Waals surface area contributed by atoms with Gasteiger partial charge in [-0.25, -0.2) is 13.9 Å². The summed E-state index contributed by atoms with van der Waals surface area (Å²) in [4.78, 5) is 29.7. The fourth-order valence-corrected chi connectivity index (χ4v) is 3.14. The Morgan fingerprint density at radius 2 is 1.93 bits per heavy atom. The SMILES string of the molecule is CC(=O)Nc1ccc(-c2cnn3ccc(C(=O)N(C)c4cccc(F)c4)cc23)cn1. The second kappa shape index (κ2) is 7.75. The van der Waals surface area contributed by atoms with Crippen molar-refractivity contribution in [1.29, 1.82) is 0 Å². The third-order valence-corrected chi connectivity index (χ3v) is 4.65. The van der Waals surface area contributed by atoms with E-state index in [9.17, 15) is 14.0 Å². The third kappa shape index (κ3) is 3.75. The number of nitrogens with one attached hydrogen (secondary N) is 1. The Kier molecular flexibility index (Phi) is 4.97. The van der Waals surface area contributed by atoms with Gasteiger partial charge in [0, 0.05) is 48.7 Å². The number of benzene rings is 1. The number of nitrogens with zero attached hydrogens (tertiary/aromatic N) is 4. The van der Waals surface area contributed by atoms with Crippen LogP contribution in [-0.4, -0.2) is 33.5 Å². The van der Waals surface area contributed by atoms with Gasteiger partial charge in [0.05, 0.1) is 11.7 Å². The lowest BCUT2D eigenvalue weighted by Gasteiger charge is -2.17. The predicted octanol–water partition coefficient (Wildman–Crippen LogP) is 3.77. The normalized spacial score (nSPS) is 10.8. The van der Waals surface area contributed by atoms with Crippen LogP contribution in [0.3, 0.4) is 0 Å². The van der Waals surface area contributed by atoms with Gasteiger partial charge in [-0.1, -0.05) is 6.07 Å². The zero-order chi connectivity index (χ0) is 21.3. The molecule has 1 N–H and O–H groups in total. The fourth-order valence-electron chi connectivity index (χ4n) is 3.14. The number of carbonyl (C=O) groups excluding carboxylic acids is 2. The lowest BCUT2D eigenvalue weighted by atomic mass is 10.1. The highest BCUT2D eigenvalue weighted by molar-refractivity contribution is 6.06. The Morgan fingerprint density at radius 3 is 2.63 bits per heavy atom. The van der Waals surface area contributed by atoms with Crippen LogP contribution in [0.1, 0.15) is 17.3 Å². The average molecular weight is 403 g/mol. The van der Waals surface area contributed by atoms with E-state index in [4.69, 9.17) is 0 Å². The minimum atomic E-state index is -0.407. The van der Waals surface area contributed by atoms with E-state index >= 15 is 0 Å². The molecule has 4 rings (SSSR count). The summed E-state index contributed by atoms with van der Waals surface area (Å²) in [6.45, 7) is 1.42. The van der Waals surface area contributed by atoms with Crippen molar-refractivity contribution in [3.63, 3.8) is 0 Å². The molecule has 0 aliphatic rings. The molecule has 0 atom stereocenters. The monoisotopic (exact) mass is 403 g/mol.